The molecule has 0 unspecified atom stereocenters. The number of aromatic nitrogens is 1. The van der Waals surface area contributed by atoms with Crippen LogP contribution in [0.3, 0.4) is 0 Å². The third kappa shape index (κ3) is 6.77. The third-order valence-corrected chi connectivity index (χ3v) is 2.57. The molecule has 1 aromatic carbocycles. The zero-order chi connectivity index (χ0) is 18.5. The third-order valence-electron chi connectivity index (χ3n) is 2.32. The number of carbonyl (C=O) groups excluding carboxylic acids is 1. The molecule has 1 amide bonds. The molecule has 0 aliphatic carbocycles. The number of carbonyl (C=O) groups is 1. The molecule has 0 fully saturated rings. The van der Waals surface area contributed by atoms with Gasteiger partial charge in [0.2, 0.25) is 5.89 Å². The predicted molar refractivity (Wildman–Crippen MR) is 89.3 cm³/mol. The van der Waals surface area contributed by atoms with E-state index in [0.717, 1.165) is 0 Å². The highest BCUT2D eigenvalue weighted by atomic mass is 35.5. The highest BCUT2D eigenvalue weighted by Gasteiger charge is 2.17. The summed E-state index contributed by atoms with van der Waals surface area (Å²) >= 11 is 5.79. The van der Waals surface area contributed by atoms with Crippen LogP contribution in [0.25, 0.3) is 11.5 Å². The van der Waals surface area contributed by atoms with Gasteiger partial charge in [-0.3, -0.25) is 9.35 Å². The van der Waals surface area contributed by atoms with Gasteiger partial charge in [-0.15, -0.1) is 0 Å². The highest BCUT2D eigenvalue weighted by molar-refractivity contribution is 7.85. The minimum absolute atomic E-state index is 0.0818. The summed E-state index contributed by atoms with van der Waals surface area (Å²) in [5, 5.41) is 0.601. The molecule has 24 heavy (non-hydrogen) atoms. The van der Waals surface area contributed by atoms with Gasteiger partial charge in [-0.25, -0.2) is 4.98 Å². The predicted octanol–water partition coefficient (Wildman–Crippen LogP) is 1.22. The maximum atomic E-state index is 11.7. The lowest BCUT2D eigenvalue weighted by Crippen LogP contribution is -2.24. The standard InChI is InChI=1S/C12H11ClN4O2.CH4O3S/c1-6-9(10(18)17-12(14)15)16-11(19-6)7-2-4-8(13)5-3-7;1-5(2,3)4/h2-5H,1H3,(H4,14,15,17,18);1H3,(H,2,3,4). The van der Waals surface area contributed by atoms with E-state index in [1.165, 1.54) is 0 Å². The maximum Gasteiger partial charge on any atom is 0.302 e. The quantitative estimate of drug-likeness (QED) is 0.401. The zero-order valence-electron chi connectivity index (χ0n) is 12.7. The summed E-state index contributed by atoms with van der Waals surface area (Å²) in [4.78, 5) is 19.2. The van der Waals surface area contributed by atoms with Crippen molar-refractivity contribution in [3.8, 4) is 11.5 Å². The van der Waals surface area contributed by atoms with Crippen molar-refractivity contribution in [2.75, 3.05) is 6.26 Å². The normalized spacial score (nSPS) is 10.5. The topological polar surface area (TPSA) is 162 Å². The van der Waals surface area contributed by atoms with E-state index in [2.05, 4.69) is 9.98 Å². The van der Waals surface area contributed by atoms with Gasteiger partial charge in [0, 0.05) is 10.6 Å². The van der Waals surface area contributed by atoms with E-state index in [4.69, 9.17) is 32.0 Å². The minimum atomic E-state index is -3.67. The molecule has 0 saturated carbocycles. The first-order valence-corrected chi connectivity index (χ1v) is 8.49. The summed E-state index contributed by atoms with van der Waals surface area (Å²) in [6.45, 7) is 1.61. The summed E-state index contributed by atoms with van der Waals surface area (Å²) in [6.07, 6.45) is 0.715. The van der Waals surface area contributed by atoms with Gasteiger partial charge in [0.1, 0.15) is 5.76 Å². The van der Waals surface area contributed by atoms with E-state index >= 15 is 0 Å². The van der Waals surface area contributed by atoms with Crippen molar-refractivity contribution in [2.45, 2.75) is 6.92 Å². The Labute approximate surface area is 143 Å². The molecule has 0 atom stereocenters. The van der Waals surface area contributed by atoms with Crippen LogP contribution in [-0.2, 0) is 10.1 Å². The van der Waals surface area contributed by atoms with Gasteiger partial charge in [0.15, 0.2) is 11.7 Å². The maximum absolute atomic E-state index is 11.7. The molecule has 2 aromatic rings. The summed E-state index contributed by atoms with van der Waals surface area (Å²) in [7, 11) is -3.67. The van der Waals surface area contributed by atoms with Gasteiger partial charge in [-0.05, 0) is 31.2 Å². The Bertz CT molecular complexity index is 847. The van der Waals surface area contributed by atoms with E-state index in [1.807, 2.05) is 0 Å². The van der Waals surface area contributed by atoms with Gasteiger partial charge in [0.05, 0.1) is 6.26 Å². The van der Waals surface area contributed by atoms with Gasteiger partial charge in [0.25, 0.3) is 10.1 Å². The first kappa shape index (κ1) is 19.6. The van der Waals surface area contributed by atoms with Crippen LogP contribution in [0, 0.1) is 6.92 Å². The van der Waals surface area contributed by atoms with Crippen molar-refractivity contribution >= 4 is 33.6 Å². The van der Waals surface area contributed by atoms with E-state index in [1.54, 1.807) is 31.2 Å². The molecule has 2 rings (SSSR count). The van der Waals surface area contributed by atoms with Crippen molar-refractivity contribution in [2.24, 2.45) is 16.5 Å². The molecule has 0 saturated heterocycles. The Balaban J connectivity index is 0.000000505. The SMILES string of the molecule is CS(=O)(=O)O.Cc1oc(-c2ccc(Cl)cc2)nc1C(=O)N=C(N)N. The molecule has 1 aromatic heterocycles. The number of guanidine groups is 1. The van der Waals surface area contributed by atoms with Gasteiger partial charge in [-0.1, -0.05) is 11.6 Å². The highest BCUT2D eigenvalue weighted by Crippen LogP contribution is 2.23. The summed E-state index contributed by atoms with van der Waals surface area (Å²) < 4.78 is 31.3. The number of hydrogen-bond donors (Lipinski definition) is 3. The van der Waals surface area contributed by atoms with Crippen molar-refractivity contribution in [3.63, 3.8) is 0 Å². The van der Waals surface area contributed by atoms with Gasteiger partial charge in [-0.2, -0.15) is 13.4 Å². The lowest BCUT2D eigenvalue weighted by atomic mass is 10.2. The van der Waals surface area contributed by atoms with Crippen molar-refractivity contribution < 1.29 is 22.2 Å². The van der Waals surface area contributed by atoms with Crippen LogP contribution in [0.2, 0.25) is 5.02 Å². The molecule has 0 aliphatic rings. The van der Waals surface area contributed by atoms with Crippen LogP contribution in [0.5, 0.6) is 0 Å². The molecule has 9 nitrogen and oxygen atoms in total. The van der Waals surface area contributed by atoms with Crippen LogP contribution in [-0.4, -0.2) is 36.1 Å². The Morgan fingerprint density at radius 1 is 1.29 bits per heavy atom. The molecule has 1 heterocycles. The number of amides is 1. The lowest BCUT2D eigenvalue weighted by molar-refractivity contribution is 0.0997. The first-order chi connectivity index (χ1) is 11.0. The Hall–Kier alpha value is -2.43. The first-order valence-electron chi connectivity index (χ1n) is 6.27. The molecule has 0 bridgehead atoms. The number of halogens is 1. The van der Waals surface area contributed by atoms with Gasteiger partial charge < -0.3 is 15.9 Å². The second kappa shape index (κ2) is 7.90. The lowest BCUT2D eigenvalue weighted by Gasteiger charge is -1.94. The Morgan fingerprint density at radius 3 is 2.25 bits per heavy atom. The molecular formula is C13H15ClN4O5S. The number of aryl methyl sites for hydroxylation is 1. The van der Waals surface area contributed by atoms with E-state index in [9.17, 15) is 13.2 Å². The fourth-order valence-electron chi connectivity index (χ4n) is 1.48. The fourth-order valence-corrected chi connectivity index (χ4v) is 1.61. The van der Waals surface area contributed by atoms with Crippen LogP contribution >= 0.6 is 11.6 Å². The average Bonchev–Trinajstić information content (AvgIpc) is 2.79. The number of nitrogens with zero attached hydrogens (tertiary/aromatic N) is 2. The molecule has 0 spiro atoms. The van der Waals surface area contributed by atoms with Crippen molar-refractivity contribution in [3.05, 3.63) is 40.7 Å². The summed E-state index contributed by atoms with van der Waals surface area (Å²) in [5.74, 6) is -0.301. The summed E-state index contributed by atoms with van der Waals surface area (Å²) in [5.41, 5.74) is 11.1. The second-order valence-corrected chi connectivity index (χ2v) is 6.41. The van der Waals surface area contributed by atoms with Crippen LogP contribution < -0.4 is 11.5 Å². The number of aliphatic imine (C=N–C) groups is 1. The monoisotopic (exact) mass is 374 g/mol. The minimum Gasteiger partial charge on any atom is -0.441 e. The van der Waals surface area contributed by atoms with Crippen LogP contribution in [0.4, 0.5) is 0 Å². The number of benzene rings is 1. The molecule has 0 radical (unpaired) electrons. The van der Waals surface area contributed by atoms with E-state index in [-0.39, 0.29) is 11.7 Å². The number of rotatable bonds is 2. The number of hydrogen-bond acceptors (Lipinski definition) is 5. The molecule has 130 valence electrons. The molecule has 0 aliphatic heterocycles. The second-order valence-electron chi connectivity index (χ2n) is 4.51. The zero-order valence-corrected chi connectivity index (χ0v) is 14.3. The van der Waals surface area contributed by atoms with Gasteiger partial charge >= 0.3 is 5.91 Å². The Morgan fingerprint density at radius 2 is 1.79 bits per heavy atom. The molecule has 5 N–H and O–H groups in total. The average molecular weight is 375 g/mol. The van der Waals surface area contributed by atoms with E-state index < -0.39 is 16.0 Å². The molecule has 11 heteroatoms. The number of oxazole rings is 1. The smallest absolute Gasteiger partial charge is 0.302 e. The fraction of sp³-hybridized carbons (Fsp3) is 0.154. The Kier molecular flexibility index (Phi) is 6.46. The van der Waals surface area contributed by atoms with Crippen molar-refractivity contribution in [1.82, 2.24) is 4.98 Å². The van der Waals surface area contributed by atoms with Crippen LogP contribution in [0.1, 0.15) is 16.2 Å². The van der Waals surface area contributed by atoms with Crippen molar-refractivity contribution in [1.29, 1.82) is 0 Å². The largest absolute Gasteiger partial charge is 0.441 e. The van der Waals surface area contributed by atoms with E-state index in [0.29, 0.717) is 28.5 Å². The van der Waals surface area contributed by atoms with Crippen LogP contribution in [0.15, 0.2) is 33.7 Å². The number of nitrogens with two attached hydrogens (primary N) is 2. The molecular weight excluding hydrogens is 360 g/mol. The summed E-state index contributed by atoms with van der Waals surface area (Å²) in [6, 6.07) is 6.88.